The van der Waals surface area contributed by atoms with Crippen LogP contribution < -0.4 is 5.32 Å². The summed E-state index contributed by atoms with van der Waals surface area (Å²) < 4.78 is 0. The van der Waals surface area contributed by atoms with Crippen LogP contribution in [0.2, 0.25) is 5.02 Å². The number of nitrogens with zero attached hydrogens (tertiary/aromatic N) is 2. The normalized spacial score (nSPS) is 10.4. The standard InChI is InChI=1S/C16H13ClN4O/c17-12-3-1-11(2-4-12)9-14-10-15(21-20-14)16(22)19-13-5-7-18-8-6-13/h1-8,10H,9H2,(H,20,21)(H,18,19,22). The van der Waals surface area contributed by atoms with Crippen molar-refractivity contribution in [1.82, 2.24) is 15.2 Å². The Morgan fingerprint density at radius 3 is 2.59 bits per heavy atom. The summed E-state index contributed by atoms with van der Waals surface area (Å²) in [5.74, 6) is -0.259. The third kappa shape index (κ3) is 3.51. The number of pyridine rings is 1. The minimum absolute atomic E-state index is 0.259. The van der Waals surface area contributed by atoms with Crippen LogP contribution in [0.25, 0.3) is 0 Å². The monoisotopic (exact) mass is 312 g/mol. The molecule has 5 nitrogen and oxygen atoms in total. The van der Waals surface area contributed by atoms with Crippen molar-refractivity contribution < 1.29 is 4.79 Å². The molecule has 0 saturated carbocycles. The zero-order chi connectivity index (χ0) is 15.4. The lowest BCUT2D eigenvalue weighted by molar-refractivity contribution is 0.102. The van der Waals surface area contributed by atoms with Gasteiger partial charge in [0.05, 0.1) is 0 Å². The Morgan fingerprint density at radius 1 is 1.14 bits per heavy atom. The van der Waals surface area contributed by atoms with Gasteiger partial charge in [-0.15, -0.1) is 0 Å². The average Bonchev–Trinajstić information content (AvgIpc) is 2.99. The van der Waals surface area contributed by atoms with Gasteiger partial charge in [0.15, 0.2) is 5.69 Å². The number of amides is 1. The molecular formula is C16H13ClN4O. The fourth-order valence-electron chi connectivity index (χ4n) is 2.02. The second-order valence-corrected chi connectivity index (χ2v) is 5.21. The van der Waals surface area contributed by atoms with Crippen LogP contribution in [0, 0.1) is 0 Å². The predicted molar refractivity (Wildman–Crippen MR) is 85.0 cm³/mol. The second-order valence-electron chi connectivity index (χ2n) is 4.77. The van der Waals surface area contributed by atoms with Crippen LogP contribution >= 0.6 is 11.6 Å². The number of carbonyl (C=O) groups is 1. The number of aromatic amines is 1. The van der Waals surface area contributed by atoms with Gasteiger partial charge in [0.2, 0.25) is 0 Å². The highest BCUT2D eigenvalue weighted by atomic mass is 35.5. The maximum absolute atomic E-state index is 12.1. The van der Waals surface area contributed by atoms with Crippen molar-refractivity contribution in [1.29, 1.82) is 0 Å². The number of aromatic nitrogens is 3. The number of hydrogen-bond donors (Lipinski definition) is 2. The Bertz CT molecular complexity index is 768. The van der Waals surface area contributed by atoms with Gasteiger partial charge in [0, 0.05) is 35.2 Å². The van der Waals surface area contributed by atoms with Crippen LogP contribution in [-0.4, -0.2) is 21.1 Å². The molecule has 110 valence electrons. The van der Waals surface area contributed by atoms with Crippen LogP contribution in [-0.2, 0) is 6.42 Å². The number of nitrogens with one attached hydrogen (secondary N) is 2. The summed E-state index contributed by atoms with van der Waals surface area (Å²) >= 11 is 5.86. The molecule has 0 atom stereocenters. The summed E-state index contributed by atoms with van der Waals surface area (Å²) in [5, 5.41) is 10.4. The average molecular weight is 313 g/mol. The number of benzene rings is 1. The zero-order valence-electron chi connectivity index (χ0n) is 11.6. The SMILES string of the molecule is O=C(Nc1ccncc1)c1cc(Cc2ccc(Cl)cc2)[nH]n1. The summed E-state index contributed by atoms with van der Waals surface area (Å²) in [6.07, 6.45) is 3.89. The van der Waals surface area contributed by atoms with Gasteiger partial charge in [-0.2, -0.15) is 5.10 Å². The van der Waals surface area contributed by atoms with E-state index in [1.807, 2.05) is 24.3 Å². The van der Waals surface area contributed by atoms with Crippen molar-refractivity contribution >= 4 is 23.2 Å². The Morgan fingerprint density at radius 2 is 1.86 bits per heavy atom. The van der Waals surface area contributed by atoms with Crippen LogP contribution in [0.3, 0.4) is 0 Å². The number of halogens is 1. The van der Waals surface area contributed by atoms with E-state index in [1.54, 1.807) is 30.6 Å². The molecule has 0 saturated heterocycles. The smallest absolute Gasteiger partial charge is 0.276 e. The van der Waals surface area contributed by atoms with E-state index in [0.717, 1.165) is 11.3 Å². The van der Waals surface area contributed by atoms with Crippen molar-refractivity contribution in [2.45, 2.75) is 6.42 Å². The highest BCUT2D eigenvalue weighted by Crippen LogP contribution is 2.13. The molecule has 6 heteroatoms. The molecular weight excluding hydrogens is 300 g/mol. The van der Waals surface area contributed by atoms with Gasteiger partial charge < -0.3 is 5.32 Å². The topological polar surface area (TPSA) is 70.7 Å². The van der Waals surface area contributed by atoms with E-state index in [0.29, 0.717) is 22.8 Å². The summed E-state index contributed by atoms with van der Waals surface area (Å²) in [4.78, 5) is 16.0. The van der Waals surface area contributed by atoms with E-state index in [9.17, 15) is 4.79 Å². The lowest BCUT2D eigenvalue weighted by Gasteiger charge is -2.01. The fraction of sp³-hybridized carbons (Fsp3) is 0.0625. The molecule has 3 aromatic rings. The molecule has 0 radical (unpaired) electrons. The third-order valence-corrected chi connectivity index (χ3v) is 3.36. The second kappa shape index (κ2) is 6.41. The molecule has 0 aliphatic heterocycles. The quantitative estimate of drug-likeness (QED) is 0.776. The highest BCUT2D eigenvalue weighted by Gasteiger charge is 2.11. The van der Waals surface area contributed by atoms with Crippen molar-refractivity contribution in [2.24, 2.45) is 0 Å². The van der Waals surface area contributed by atoms with Gasteiger partial charge in [-0.25, -0.2) is 0 Å². The summed E-state index contributed by atoms with van der Waals surface area (Å²) in [7, 11) is 0. The molecule has 2 aromatic heterocycles. The lowest BCUT2D eigenvalue weighted by Crippen LogP contribution is -2.12. The van der Waals surface area contributed by atoms with Crippen molar-refractivity contribution in [3.63, 3.8) is 0 Å². The van der Waals surface area contributed by atoms with E-state index in [1.165, 1.54) is 0 Å². The van der Waals surface area contributed by atoms with Gasteiger partial charge in [-0.05, 0) is 35.9 Å². The van der Waals surface area contributed by atoms with Gasteiger partial charge in [-0.1, -0.05) is 23.7 Å². The molecule has 3 rings (SSSR count). The first-order valence-electron chi connectivity index (χ1n) is 6.71. The zero-order valence-corrected chi connectivity index (χ0v) is 12.3. The predicted octanol–water partition coefficient (Wildman–Crippen LogP) is 3.30. The molecule has 0 spiro atoms. The molecule has 0 aliphatic carbocycles. The molecule has 1 aromatic carbocycles. The van der Waals surface area contributed by atoms with Crippen LogP contribution in [0.1, 0.15) is 21.7 Å². The van der Waals surface area contributed by atoms with E-state index in [2.05, 4.69) is 20.5 Å². The minimum Gasteiger partial charge on any atom is -0.320 e. The van der Waals surface area contributed by atoms with Crippen LogP contribution in [0.5, 0.6) is 0 Å². The molecule has 0 fully saturated rings. The summed E-state index contributed by atoms with van der Waals surface area (Å²) in [6, 6.07) is 12.7. The third-order valence-electron chi connectivity index (χ3n) is 3.11. The van der Waals surface area contributed by atoms with E-state index < -0.39 is 0 Å². The fourth-order valence-corrected chi connectivity index (χ4v) is 2.15. The Balaban J connectivity index is 1.68. The lowest BCUT2D eigenvalue weighted by atomic mass is 10.1. The Hall–Kier alpha value is -2.66. The number of anilines is 1. The summed E-state index contributed by atoms with van der Waals surface area (Å²) in [6.45, 7) is 0. The molecule has 0 unspecified atom stereocenters. The van der Waals surface area contributed by atoms with Gasteiger partial charge in [0.25, 0.3) is 5.91 Å². The number of carbonyl (C=O) groups excluding carboxylic acids is 1. The highest BCUT2D eigenvalue weighted by molar-refractivity contribution is 6.30. The first-order chi connectivity index (χ1) is 10.7. The van der Waals surface area contributed by atoms with Gasteiger partial charge in [-0.3, -0.25) is 14.9 Å². The molecule has 1 amide bonds. The molecule has 2 N–H and O–H groups in total. The van der Waals surface area contributed by atoms with Crippen LogP contribution in [0.4, 0.5) is 5.69 Å². The molecule has 0 bridgehead atoms. The molecule has 22 heavy (non-hydrogen) atoms. The van der Waals surface area contributed by atoms with Gasteiger partial charge in [0.1, 0.15) is 0 Å². The van der Waals surface area contributed by atoms with Gasteiger partial charge >= 0.3 is 0 Å². The maximum Gasteiger partial charge on any atom is 0.276 e. The minimum atomic E-state index is -0.259. The van der Waals surface area contributed by atoms with Crippen molar-refractivity contribution in [3.8, 4) is 0 Å². The van der Waals surface area contributed by atoms with E-state index in [4.69, 9.17) is 11.6 Å². The van der Waals surface area contributed by atoms with Crippen molar-refractivity contribution in [2.75, 3.05) is 5.32 Å². The number of H-pyrrole nitrogens is 1. The number of hydrogen-bond acceptors (Lipinski definition) is 3. The number of rotatable bonds is 4. The van der Waals surface area contributed by atoms with E-state index in [-0.39, 0.29) is 5.91 Å². The van der Waals surface area contributed by atoms with E-state index >= 15 is 0 Å². The van der Waals surface area contributed by atoms with Crippen molar-refractivity contribution in [3.05, 3.63) is 76.8 Å². The maximum atomic E-state index is 12.1. The summed E-state index contributed by atoms with van der Waals surface area (Å²) in [5.41, 5.74) is 2.99. The molecule has 2 heterocycles. The largest absolute Gasteiger partial charge is 0.320 e. The Labute approximate surface area is 132 Å². The van der Waals surface area contributed by atoms with Crippen LogP contribution in [0.15, 0.2) is 54.9 Å². The molecule has 0 aliphatic rings. The first kappa shape index (κ1) is 14.3. The first-order valence-corrected chi connectivity index (χ1v) is 7.08. The Kier molecular flexibility index (Phi) is 4.16.